The SMILES string of the molecule is CCCCC1C=C(F)C(CCc2ccc(-c3ccc(-c4ccc(CC)cc4)c(F)c3F)cc2)CC1. The van der Waals surface area contributed by atoms with Gasteiger partial charge in [-0.2, -0.15) is 0 Å². The summed E-state index contributed by atoms with van der Waals surface area (Å²) in [5, 5.41) is 0. The summed E-state index contributed by atoms with van der Waals surface area (Å²) < 4.78 is 44.5. The maximum absolute atomic E-state index is 15.0. The molecule has 2 unspecified atom stereocenters. The standard InChI is InChI=1S/C32H35F3/c1-3-5-6-24-12-18-27(30(33)21-24)17-11-23-9-15-26(16-10-23)29-20-19-28(31(34)32(29)35)25-13-7-22(4-2)8-14-25/h7-10,13-16,19-21,24,27H,3-6,11-12,17-18H2,1-2H3. The quantitative estimate of drug-likeness (QED) is 0.288. The molecule has 4 rings (SSSR count). The van der Waals surface area contributed by atoms with Crippen LogP contribution in [0.1, 0.15) is 63.5 Å². The van der Waals surface area contributed by atoms with Crippen LogP contribution in [0.3, 0.4) is 0 Å². The largest absolute Gasteiger partial charge is 0.212 e. The van der Waals surface area contributed by atoms with E-state index in [1.807, 2.05) is 54.6 Å². The summed E-state index contributed by atoms with van der Waals surface area (Å²) in [6, 6.07) is 18.4. The van der Waals surface area contributed by atoms with Crippen LogP contribution in [0.2, 0.25) is 0 Å². The summed E-state index contributed by atoms with van der Waals surface area (Å²) in [5.41, 5.74) is 4.07. The van der Waals surface area contributed by atoms with Gasteiger partial charge in [0.25, 0.3) is 0 Å². The molecule has 2 atom stereocenters. The van der Waals surface area contributed by atoms with Crippen LogP contribution >= 0.6 is 0 Å². The summed E-state index contributed by atoms with van der Waals surface area (Å²) >= 11 is 0. The van der Waals surface area contributed by atoms with E-state index in [0.29, 0.717) is 17.0 Å². The molecule has 0 saturated heterocycles. The van der Waals surface area contributed by atoms with Gasteiger partial charge >= 0.3 is 0 Å². The topological polar surface area (TPSA) is 0 Å². The molecule has 0 saturated carbocycles. The van der Waals surface area contributed by atoms with Gasteiger partial charge in [0, 0.05) is 17.0 Å². The fourth-order valence-electron chi connectivity index (χ4n) is 5.08. The third-order valence-corrected chi connectivity index (χ3v) is 7.40. The lowest BCUT2D eigenvalue weighted by Gasteiger charge is -2.24. The molecule has 3 aromatic carbocycles. The van der Waals surface area contributed by atoms with Crippen LogP contribution in [0.25, 0.3) is 22.3 Å². The van der Waals surface area contributed by atoms with Crippen LogP contribution in [0.4, 0.5) is 13.2 Å². The van der Waals surface area contributed by atoms with E-state index >= 15 is 0 Å². The van der Waals surface area contributed by atoms with E-state index in [1.165, 1.54) is 0 Å². The molecule has 3 heteroatoms. The number of allylic oxidation sites excluding steroid dienone is 2. The third-order valence-electron chi connectivity index (χ3n) is 7.40. The predicted molar refractivity (Wildman–Crippen MR) is 140 cm³/mol. The Hall–Kier alpha value is -2.81. The lowest BCUT2D eigenvalue weighted by molar-refractivity contribution is 0.337. The third kappa shape index (κ3) is 6.07. The van der Waals surface area contributed by atoms with Gasteiger partial charge in [-0.1, -0.05) is 87.4 Å². The molecule has 0 fully saturated rings. The number of rotatable bonds is 9. The maximum atomic E-state index is 15.0. The van der Waals surface area contributed by atoms with E-state index in [-0.39, 0.29) is 22.9 Å². The number of halogens is 3. The van der Waals surface area contributed by atoms with Crippen molar-refractivity contribution in [1.29, 1.82) is 0 Å². The van der Waals surface area contributed by atoms with Gasteiger partial charge in [-0.05, 0) is 72.8 Å². The fourth-order valence-corrected chi connectivity index (χ4v) is 5.08. The van der Waals surface area contributed by atoms with Gasteiger partial charge in [0.1, 0.15) is 0 Å². The summed E-state index contributed by atoms with van der Waals surface area (Å²) in [7, 11) is 0. The molecule has 1 aliphatic rings. The first kappa shape index (κ1) is 25.3. The van der Waals surface area contributed by atoms with Crippen molar-refractivity contribution in [3.63, 3.8) is 0 Å². The van der Waals surface area contributed by atoms with E-state index in [2.05, 4.69) is 13.8 Å². The highest BCUT2D eigenvalue weighted by Gasteiger charge is 2.23. The zero-order chi connectivity index (χ0) is 24.8. The lowest BCUT2D eigenvalue weighted by atomic mass is 9.82. The molecule has 0 nitrogen and oxygen atoms in total. The molecular formula is C32H35F3. The Labute approximate surface area is 207 Å². The van der Waals surface area contributed by atoms with E-state index in [1.54, 1.807) is 12.1 Å². The number of aryl methyl sites for hydroxylation is 2. The van der Waals surface area contributed by atoms with Crippen LogP contribution in [-0.2, 0) is 12.8 Å². The average molecular weight is 477 g/mol. The van der Waals surface area contributed by atoms with Crippen LogP contribution < -0.4 is 0 Å². The molecule has 1 aliphatic carbocycles. The zero-order valence-corrected chi connectivity index (χ0v) is 20.8. The molecule has 0 N–H and O–H groups in total. The summed E-state index contributed by atoms with van der Waals surface area (Å²) in [6.07, 6.45) is 9.68. The van der Waals surface area contributed by atoms with Gasteiger partial charge in [-0.25, -0.2) is 13.2 Å². The summed E-state index contributed by atoms with van der Waals surface area (Å²) in [4.78, 5) is 0. The van der Waals surface area contributed by atoms with Gasteiger partial charge in [0.05, 0.1) is 5.83 Å². The second-order valence-electron chi connectivity index (χ2n) is 9.80. The first-order valence-electron chi connectivity index (χ1n) is 13.0. The van der Waals surface area contributed by atoms with Crippen molar-refractivity contribution < 1.29 is 13.2 Å². The molecule has 0 heterocycles. The highest BCUT2D eigenvalue weighted by molar-refractivity contribution is 5.72. The molecule has 0 aromatic heterocycles. The van der Waals surface area contributed by atoms with Gasteiger partial charge in [0.2, 0.25) is 0 Å². The Balaban J connectivity index is 1.42. The molecule has 184 valence electrons. The smallest absolute Gasteiger partial charge is 0.167 e. The molecular weight excluding hydrogens is 441 g/mol. The van der Waals surface area contributed by atoms with E-state index < -0.39 is 11.6 Å². The van der Waals surface area contributed by atoms with E-state index in [0.717, 1.165) is 62.5 Å². The first-order valence-corrected chi connectivity index (χ1v) is 13.0. The molecule has 3 aromatic rings. The Bertz CT molecular complexity index is 1140. The molecule has 0 bridgehead atoms. The van der Waals surface area contributed by atoms with Gasteiger partial charge in [-0.15, -0.1) is 0 Å². The van der Waals surface area contributed by atoms with Crippen molar-refractivity contribution in [2.75, 3.05) is 0 Å². The Morgan fingerprint density at radius 1 is 0.686 bits per heavy atom. The minimum atomic E-state index is -0.832. The molecule has 0 amide bonds. The number of hydrogen-bond acceptors (Lipinski definition) is 0. The van der Waals surface area contributed by atoms with Crippen molar-refractivity contribution in [3.05, 3.63) is 95.3 Å². The summed E-state index contributed by atoms with van der Waals surface area (Å²) in [6.45, 7) is 4.23. The van der Waals surface area contributed by atoms with Crippen molar-refractivity contribution in [3.8, 4) is 22.3 Å². The molecule has 0 radical (unpaired) electrons. The minimum Gasteiger partial charge on any atom is -0.212 e. The number of unbranched alkanes of at least 4 members (excludes halogenated alkanes) is 1. The second kappa shape index (κ2) is 11.7. The second-order valence-corrected chi connectivity index (χ2v) is 9.80. The average Bonchev–Trinajstić information content (AvgIpc) is 2.89. The van der Waals surface area contributed by atoms with Crippen LogP contribution in [0.5, 0.6) is 0 Å². The normalized spacial score (nSPS) is 17.9. The Morgan fingerprint density at radius 2 is 1.26 bits per heavy atom. The number of hydrogen-bond donors (Lipinski definition) is 0. The van der Waals surface area contributed by atoms with Gasteiger partial charge < -0.3 is 0 Å². The van der Waals surface area contributed by atoms with Gasteiger partial charge in [-0.3, -0.25) is 0 Å². The lowest BCUT2D eigenvalue weighted by Crippen LogP contribution is -2.13. The van der Waals surface area contributed by atoms with E-state index in [4.69, 9.17) is 0 Å². The van der Waals surface area contributed by atoms with Crippen LogP contribution in [-0.4, -0.2) is 0 Å². The monoisotopic (exact) mass is 476 g/mol. The van der Waals surface area contributed by atoms with E-state index in [9.17, 15) is 13.2 Å². The van der Waals surface area contributed by atoms with Crippen LogP contribution in [0, 0.1) is 23.5 Å². The van der Waals surface area contributed by atoms with Crippen molar-refractivity contribution in [2.45, 2.75) is 65.2 Å². The number of benzene rings is 3. The van der Waals surface area contributed by atoms with Crippen molar-refractivity contribution in [1.82, 2.24) is 0 Å². The Morgan fingerprint density at radius 3 is 1.77 bits per heavy atom. The summed E-state index contributed by atoms with van der Waals surface area (Å²) in [5.74, 6) is -1.22. The highest BCUT2D eigenvalue weighted by Crippen LogP contribution is 2.35. The zero-order valence-electron chi connectivity index (χ0n) is 20.8. The van der Waals surface area contributed by atoms with Crippen molar-refractivity contribution >= 4 is 0 Å². The molecule has 0 spiro atoms. The molecule has 35 heavy (non-hydrogen) atoms. The minimum absolute atomic E-state index is 0.00182. The highest BCUT2D eigenvalue weighted by atomic mass is 19.2. The fraction of sp³-hybridized carbons (Fsp3) is 0.375. The maximum Gasteiger partial charge on any atom is 0.167 e. The Kier molecular flexibility index (Phi) is 8.49. The van der Waals surface area contributed by atoms with Crippen LogP contribution in [0.15, 0.2) is 72.6 Å². The molecule has 0 aliphatic heterocycles. The van der Waals surface area contributed by atoms with Gasteiger partial charge in [0.15, 0.2) is 11.6 Å². The predicted octanol–water partition coefficient (Wildman–Crippen LogP) is 9.86. The van der Waals surface area contributed by atoms with Crippen molar-refractivity contribution in [2.24, 2.45) is 11.8 Å². The first-order chi connectivity index (χ1) is 17.0.